The molecule has 1 saturated heterocycles. The maximum Gasteiger partial charge on any atom is 0.374 e. The average molecular weight is 369 g/mol. The van der Waals surface area contributed by atoms with Crippen LogP contribution in [-0.2, 0) is 19.4 Å². The standard InChI is InChI=1S/C17H23NO6S/c19-16(11-24-17(20)15-7-4-9-23-15)18(13-5-2-1-3-6-13)14-8-10-25(21,22)12-14/h4,7,9,13-14H,1-3,5-6,8,10-12H2/t14-/m1/s1. The van der Waals surface area contributed by atoms with Gasteiger partial charge in [0.2, 0.25) is 5.76 Å². The molecule has 0 aromatic carbocycles. The fourth-order valence-electron chi connectivity index (χ4n) is 3.73. The number of carbonyl (C=O) groups excluding carboxylic acids is 2. The van der Waals surface area contributed by atoms with Gasteiger partial charge in [0.1, 0.15) is 0 Å². The smallest absolute Gasteiger partial charge is 0.374 e. The van der Waals surface area contributed by atoms with Crippen molar-refractivity contribution < 1.29 is 27.2 Å². The molecule has 1 saturated carbocycles. The third-order valence-electron chi connectivity index (χ3n) is 4.91. The summed E-state index contributed by atoms with van der Waals surface area (Å²) in [6, 6.07) is 2.75. The number of rotatable bonds is 5. The lowest BCUT2D eigenvalue weighted by atomic mass is 9.93. The first-order chi connectivity index (χ1) is 12.0. The van der Waals surface area contributed by atoms with Crippen molar-refractivity contribution in [3.8, 4) is 0 Å². The van der Waals surface area contributed by atoms with Gasteiger partial charge in [-0.15, -0.1) is 0 Å². The summed E-state index contributed by atoms with van der Waals surface area (Å²) >= 11 is 0. The highest BCUT2D eigenvalue weighted by Gasteiger charge is 2.38. The minimum absolute atomic E-state index is 0.00136. The van der Waals surface area contributed by atoms with Crippen LogP contribution in [0.15, 0.2) is 22.8 Å². The zero-order valence-electron chi connectivity index (χ0n) is 14.1. The highest BCUT2D eigenvalue weighted by Crippen LogP contribution is 2.28. The molecule has 0 bridgehead atoms. The van der Waals surface area contributed by atoms with E-state index in [9.17, 15) is 18.0 Å². The minimum atomic E-state index is -3.10. The molecule has 2 fully saturated rings. The van der Waals surface area contributed by atoms with Gasteiger partial charge in [-0.05, 0) is 31.4 Å². The zero-order chi connectivity index (χ0) is 17.9. The average Bonchev–Trinajstić information content (AvgIpc) is 3.24. The van der Waals surface area contributed by atoms with E-state index in [1.807, 2.05) is 0 Å². The van der Waals surface area contributed by atoms with Crippen molar-refractivity contribution in [2.75, 3.05) is 18.1 Å². The molecule has 25 heavy (non-hydrogen) atoms. The lowest BCUT2D eigenvalue weighted by Gasteiger charge is -2.38. The van der Waals surface area contributed by atoms with E-state index in [0.717, 1.165) is 32.1 Å². The molecular formula is C17H23NO6S. The third kappa shape index (κ3) is 4.42. The van der Waals surface area contributed by atoms with Crippen molar-refractivity contribution in [2.24, 2.45) is 0 Å². The molecule has 1 aromatic rings. The number of ether oxygens (including phenoxy) is 1. The van der Waals surface area contributed by atoms with Crippen molar-refractivity contribution in [3.63, 3.8) is 0 Å². The number of amides is 1. The van der Waals surface area contributed by atoms with Crippen LogP contribution < -0.4 is 0 Å². The number of nitrogens with zero attached hydrogens (tertiary/aromatic N) is 1. The van der Waals surface area contributed by atoms with Crippen LogP contribution in [-0.4, -0.2) is 55.4 Å². The van der Waals surface area contributed by atoms with Crippen LogP contribution in [0.2, 0.25) is 0 Å². The van der Waals surface area contributed by atoms with Crippen LogP contribution in [0.3, 0.4) is 0 Å². The molecule has 1 amide bonds. The molecular weight excluding hydrogens is 346 g/mol. The molecule has 3 rings (SSSR count). The Kier molecular flexibility index (Phi) is 5.46. The largest absolute Gasteiger partial charge is 0.457 e. The van der Waals surface area contributed by atoms with E-state index in [1.165, 1.54) is 12.3 Å². The summed E-state index contributed by atoms with van der Waals surface area (Å²) in [5.74, 6) is -0.864. The van der Waals surface area contributed by atoms with Crippen molar-refractivity contribution in [1.82, 2.24) is 4.90 Å². The second-order valence-corrected chi connectivity index (χ2v) is 8.93. The van der Waals surface area contributed by atoms with Crippen molar-refractivity contribution in [2.45, 2.75) is 50.6 Å². The Morgan fingerprint density at radius 3 is 2.52 bits per heavy atom. The summed E-state index contributed by atoms with van der Waals surface area (Å²) in [4.78, 5) is 26.3. The summed E-state index contributed by atoms with van der Waals surface area (Å²) in [5.41, 5.74) is 0. The first-order valence-electron chi connectivity index (χ1n) is 8.68. The predicted molar refractivity (Wildman–Crippen MR) is 89.8 cm³/mol. The van der Waals surface area contributed by atoms with Gasteiger partial charge < -0.3 is 14.1 Å². The number of hydrogen-bond donors (Lipinski definition) is 0. The number of furan rings is 1. The normalized spacial score (nSPS) is 23.3. The van der Waals surface area contributed by atoms with E-state index in [4.69, 9.17) is 9.15 Å². The molecule has 1 aromatic heterocycles. The zero-order valence-corrected chi connectivity index (χ0v) is 14.9. The van der Waals surface area contributed by atoms with Gasteiger partial charge in [0.05, 0.1) is 17.8 Å². The molecule has 0 spiro atoms. The number of carbonyl (C=O) groups is 2. The van der Waals surface area contributed by atoms with Gasteiger partial charge in [0.25, 0.3) is 5.91 Å². The maximum absolute atomic E-state index is 12.7. The van der Waals surface area contributed by atoms with Crippen LogP contribution >= 0.6 is 0 Å². The molecule has 1 aliphatic carbocycles. The van der Waals surface area contributed by atoms with E-state index < -0.39 is 22.4 Å². The summed E-state index contributed by atoms with van der Waals surface area (Å²) in [7, 11) is -3.10. The van der Waals surface area contributed by atoms with Crippen molar-refractivity contribution in [3.05, 3.63) is 24.2 Å². The lowest BCUT2D eigenvalue weighted by Crippen LogP contribution is -2.50. The second kappa shape index (κ2) is 7.59. The highest BCUT2D eigenvalue weighted by atomic mass is 32.2. The van der Waals surface area contributed by atoms with E-state index in [2.05, 4.69) is 0 Å². The van der Waals surface area contributed by atoms with Gasteiger partial charge in [-0.3, -0.25) is 4.79 Å². The maximum atomic E-state index is 12.7. The van der Waals surface area contributed by atoms with Gasteiger partial charge in [0, 0.05) is 12.1 Å². The summed E-state index contributed by atoms with van der Waals surface area (Å²) < 4.78 is 33.7. The quantitative estimate of drug-likeness (QED) is 0.735. The monoisotopic (exact) mass is 369 g/mol. The molecule has 8 heteroatoms. The molecule has 1 atom stereocenters. The minimum Gasteiger partial charge on any atom is -0.457 e. The van der Waals surface area contributed by atoms with E-state index in [1.54, 1.807) is 11.0 Å². The van der Waals surface area contributed by atoms with Crippen molar-refractivity contribution in [1.29, 1.82) is 0 Å². The molecule has 2 aliphatic rings. The number of esters is 1. The predicted octanol–water partition coefficient (Wildman–Crippen LogP) is 1.78. The van der Waals surface area contributed by atoms with Gasteiger partial charge in [-0.1, -0.05) is 19.3 Å². The van der Waals surface area contributed by atoms with Crippen LogP contribution in [0.25, 0.3) is 0 Å². The van der Waals surface area contributed by atoms with Gasteiger partial charge in [-0.25, -0.2) is 13.2 Å². The Morgan fingerprint density at radius 2 is 1.92 bits per heavy atom. The van der Waals surface area contributed by atoms with Crippen LogP contribution in [0.5, 0.6) is 0 Å². The molecule has 2 heterocycles. The topological polar surface area (TPSA) is 93.9 Å². The highest BCUT2D eigenvalue weighted by molar-refractivity contribution is 7.91. The molecule has 0 radical (unpaired) electrons. The first kappa shape index (κ1) is 18.0. The van der Waals surface area contributed by atoms with Gasteiger partial charge >= 0.3 is 5.97 Å². The summed E-state index contributed by atoms with van der Waals surface area (Å²) in [6.07, 6.45) is 6.74. The van der Waals surface area contributed by atoms with Crippen LogP contribution in [0.1, 0.15) is 49.1 Å². The number of hydrogen-bond acceptors (Lipinski definition) is 6. The molecule has 0 unspecified atom stereocenters. The third-order valence-corrected chi connectivity index (χ3v) is 6.66. The van der Waals surface area contributed by atoms with E-state index in [-0.39, 0.29) is 35.3 Å². The fraction of sp³-hybridized carbons (Fsp3) is 0.647. The summed E-state index contributed by atoms with van der Waals surface area (Å²) in [5, 5.41) is 0. The fourth-order valence-corrected chi connectivity index (χ4v) is 5.44. The lowest BCUT2D eigenvalue weighted by molar-refractivity contribution is -0.140. The van der Waals surface area contributed by atoms with Crippen molar-refractivity contribution >= 4 is 21.7 Å². The Bertz CT molecular complexity index is 706. The molecule has 7 nitrogen and oxygen atoms in total. The van der Waals surface area contributed by atoms with E-state index in [0.29, 0.717) is 6.42 Å². The number of sulfone groups is 1. The first-order valence-corrected chi connectivity index (χ1v) is 10.5. The second-order valence-electron chi connectivity index (χ2n) is 6.70. The summed E-state index contributed by atoms with van der Waals surface area (Å²) in [6.45, 7) is -0.396. The van der Waals surface area contributed by atoms with E-state index >= 15 is 0 Å². The molecule has 0 N–H and O–H groups in total. The SMILES string of the molecule is O=C(OCC(=O)N(C1CCCCC1)[C@@H]1CCS(=O)(=O)C1)c1ccco1. The molecule has 1 aliphatic heterocycles. The van der Waals surface area contributed by atoms with Crippen LogP contribution in [0.4, 0.5) is 0 Å². The molecule has 138 valence electrons. The Balaban J connectivity index is 1.67. The van der Waals surface area contributed by atoms with Gasteiger partial charge in [0.15, 0.2) is 16.4 Å². The Hall–Kier alpha value is -1.83. The van der Waals surface area contributed by atoms with Crippen LogP contribution in [0, 0.1) is 0 Å². The Morgan fingerprint density at radius 1 is 1.16 bits per heavy atom. The Labute approximate surface area is 147 Å². The van der Waals surface area contributed by atoms with Gasteiger partial charge in [-0.2, -0.15) is 0 Å².